The number of allylic oxidation sites excluding steroid dienone is 1. The van der Waals surface area contributed by atoms with Crippen molar-refractivity contribution in [3.05, 3.63) is 12.3 Å². The molecular weight excluding hydrogens is 277 g/mol. The molecule has 0 saturated heterocycles. The van der Waals surface area contributed by atoms with Gasteiger partial charge in [-0.05, 0) is 11.6 Å². The van der Waals surface area contributed by atoms with Crippen molar-refractivity contribution in [3.8, 4) is 0 Å². The first-order valence-electron chi connectivity index (χ1n) is 5.76. The van der Waals surface area contributed by atoms with Gasteiger partial charge in [0.15, 0.2) is 0 Å². The fourth-order valence-corrected chi connectivity index (χ4v) is 1.46. The van der Waals surface area contributed by atoms with E-state index in [0.717, 1.165) is 0 Å². The Kier molecular flexibility index (Phi) is 13.9. The van der Waals surface area contributed by atoms with E-state index < -0.39 is 8.60 Å². The largest absolute Gasteiger partial charge is 0.499 e. The Bertz CT molecular complexity index is 220. The number of ether oxygens (including phenoxy) is 3. The molecule has 114 valence electrons. The average Bonchev–Trinajstić information content (AvgIpc) is 2.41. The molecule has 0 aliphatic rings. The molecule has 2 unspecified atom stereocenters. The Morgan fingerprint density at radius 3 is 2.79 bits per heavy atom. The first-order valence-corrected chi connectivity index (χ1v) is 7.02. The molecule has 0 aromatic rings. The highest BCUT2D eigenvalue weighted by Crippen LogP contribution is 2.33. The predicted octanol–water partition coefficient (Wildman–Crippen LogP) is 0.401. The number of hydrogen-bond donors (Lipinski definition) is 2. The molecule has 0 aliphatic heterocycles. The van der Waals surface area contributed by atoms with Gasteiger partial charge in [0.25, 0.3) is 0 Å². The van der Waals surface area contributed by atoms with Crippen molar-refractivity contribution >= 4 is 8.60 Å². The zero-order valence-electron chi connectivity index (χ0n) is 11.2. The lowest BCUT2D eigenvalue weighted by molar-refractivity contribution is -0.214. The van der Waals surface area contributed by atoms with Crippen LogP contribution >= 0.6 is 8.60 Å². The van der Waals surface area contributed by atoms with Crippen LogP contribution in [-0.2, 0) is 28.3 Å². The van der Waals surface area contributed by atoms with Crippen LogP contribution in [0.5, 0.6) is 0 Å². The highest BCUT2D eigenvalue weighted by molar-refractivity contribution is 7.40. The van der Waals surface area contributed by atoms with E-state index in [9.17, 15) is 4.89 Å². The van der Waals surface area contributed by atoms with Crippen molar-refractivity contribution < 1.29 is 33.2 Å². The molecule has 0 fully saturated rings. The second kappa shape index (κ2) is 14.1. The molecule has 0 radical (unpaired) electrons. The predicted molar refractivity (Wildman–Crippen MR) is 70.1 cm³/mol. The average molecular weight is 300 g/mol. The van der Waals surface area contributed by atoms with Crippen molar-refractivity contribution in [3.63, 3.8) is 0 Å². The lowest BCUT2D eigenvalue weighted by Gasteiger charge is -2.15. The van der Waals surface area contributed by atoms with E-state index in [2.05, 4.69) is 9.56 Å². The fraction of sp³-hybridized carbons (Fsp3) is 0.800. The van der Waals surface area contributed by atoms with Crippen LogP contribution in [0.2, 0.25) is 0 Å². The van der Waals surface area contributed by atoms with Crippen LogP contribution in [0.3, 0.4) is 0 Å². The Labute approximate surface area is 114 Å². The summed E-state index contributed by atoms with van der Waals surface area (Å²) in [4.78, 5) is 14.0. The third-order valence-corrected chi connectivity index (χ3v) is 2.33. The minimum absolute atomic E-state index is 0.0949. The van der Waals surface area contributed by atoms with Crippen LogP contribution in [0.1, 0.15) is 6.92 Å². The SMILES string of the molecule is CC=COCC(CO[PH+](O)OOCCN)OCOC. The van der Waals surface area contributed by atoms with Crippen LogP contribution in [0.25, 0.3) is 0 Å². The Balaban J connectivity index is 3.81. The molecule has 0 rings (SSSR count). The van der Waals surface area contributed by atoms with E-state index in [1.807, 2.05) is 6.92 Å². The molecule has 0 aromatic carbocycles. The van der Waals surface area contributed by atoms with Gasteiger partial charge in [-0.3, -0.25) is 0 Å². The van der Waals surface area contributed by atoms with Crippen LogP contribution in [0.15, 0.2) is 12.3 Å². The van der Waals surface area contributed by atoms with Crippen molar-refractivity contribution in [1.82, 2.24) is 0 Å². The summed E-state index contributed by atoms with van der Waals surface area (Å²) in [6, 6.07) is 0. The molecule has 8 nitrogen and oxygen atoms in total. The normalized spacial score (nSPS) is 14.7. The van der Waals surface area contributed by atoms with Gasteiger partial charge in [0.1, 0.15) is 26.1 Å². The topological polar surface area (TPSA) is 102 Å². The summed E-state index contributed by atoms with van der Waals surface area (Å²) < 4.78 is 24.9. The van der Waals surface area contributed by atoms with Crippen LogP contribution in [0.4, 0.5) is 0 Å². The third kappa shape index (κ3) is 12.5. The number of hydrogen-bond acceptors (Lipinski definition) is 8. The molecule has 0 amide bonds. The Morgan fingerprint density at radius 1 is 1.37 bits per heavy atom. The van der Waals surface area contributed by atoms with Crippen LogP contribution in [-0.4, -0.2) is 51.3 Å². The quantitative estimate of drug-likeness (QED) is 0.126. The van der Waals surface area contributed by atoms with E-state index in [0.29, 0.717) is 6.54 Å². The molecule has 0 bridgehead atoms. The molecular formula is C10H23NO7P+. The Morgan fingerprint density at radius 2 is 2.16 bits per heavy atom. The van der Waals surface area contributed by atoms with Gasteiger partial charge in [0.2, 0.25) is 0 Å². The highest BCUT2D eigenvalue weighted by atomic mass is 31.2. The zero-order valence-corrected chi connectivity index (χ0v) is 12.2. The molecule has 0 spiro atoms. The molecule has 19 heavy (non-hydrogen) atoms. The van der Waals surface area contributed by atoms with Gasteiger partial charge in [0, 0.05) is 13.7 Å². The van der Waals surface area contributed by atoms with Gasteiger partial charge in [-0.25, -0.2) is 0 Å². The zero-order chi connectivity index (χ0) is 14.3. The summed E-state index contributed by atoms with van der Waals surface area (Å²) in [5, 5.41) is 0. The van der Waals surface area contributed by atoms with Crippen molar-refractivity contribution in [2.75, 3.05) is 40.3 Å². The minimum Gasteiger partial charge on any atom is -0.499 e. The lowest BCUT2D eigenvalue weighted by atomic mass is 10.4. The number of nitrogens with two attached hydrogens (primary N) is 1. The van der Waals surface area contributed by atoms with Crippen LogP contribution < -0.4 is 5.73 Å². The first-order chi connectivity index (χ1) is 9.24. The summed E-state index contributed by atoms with van der Waals surface area (Å²) in [6.07, 6.45) is 2.90. The van der Waals surface area contributed by atoms with E-state index in [4.69, 9.17) is 24.5 Å². The summed E-state index contributed by atoms with van der Waals surface area (Å²) in [6.45, 7) is 2.78. The summed E-state index contributed by atoms with van der Waals surface area (Å²) in [5.74, 6) is 0. The summed E-state index contributed by atoms with van der Waals surface area (Å²) >= 11 is 0. The molecule has 3 N–H and O–H groups in total. The molecule has 2 atom stereocenters. The fourth-order valence-electron chi connectivity index (χ4n) is 0.896. The highest BCUT2D eigenvalue weighted by Gasteiger charge is 2.20. The van der Waals surface area contributed by atoms with Gasteiger partial charge >= 0.3 is 8.60 Å². The van der Waals surface area contributed by atoms with Gasteiger partial charge in [-0.2, -0.15) is 14.3 Å². The van der Waals surface area contributed by atoms with E-state index >= 15 is 0 Å². The van der Waals surface area contributed by atoms with Crippen LogP contribution in [0, 0.1) is 0 Å². The van der Waals surface area contributed by atoms with Gasteiger partial charge in [-0.15, -0.1) is 0 Å². The smallest absolute Gasteiger partial charge is 0.435 e. The second-order valence-electron chi connectivity index (χ2n) is 3.27. The summed E-state index contributed by atoms with van der Waals surface area (Å²) in [5.41, 5.74) is 5.19. The maximum absolute atomic E-state index is 9.37. The molecule has 0 saturated carbocycles. The Hall–Kier alpha value is -0.310. The lowest BCUT2D eigenvalue weighted by Crippen LogP contribution is -2.25. The maximum atomic E-state index is 9.37. The summed E-state index contributed by atoms with van der Waals surface area (Å²) in [7, 11) is -0.974. The van der Waals surface area contributed by atoms with Gasteiger partial charge < -0.3 is 19.9 Å². The molecule has 0 aromatic heterocycles. The van der Waals surface area contributed by atoms with E-state index in [1.54, 1.807) is 6.08 Å². The van der Waals surface area contributed by atoms with Crippen molar-refractivity contribution in [1.29, 1.82) is 0 Å². The van der Waals surface area contributed by atoms with Gasteiger partial charge in [0.05, 0.1) is 12.9 Å². The number of rotatable bonds is 13. The van der Waals surface area contributed by atoms with Gasteiger partial charge in [-0.1, -0.05) is 6.08 Å². The minimum atomic E-state index is -2.48. The van der Waals surface area contributed by atoms with Crippen molar-refractivity contribution in [2.45, 2.75) is 13.0 Å². The number of methoxy groups -OCH3 is 1. The standard InChI is InChI=1S/C10H23NO7P/c1-3-5-14-7-10(15-9-13-2)8-17-19(12)18-16-6-4-11/h3,5,10,12,19H,4,6-9,11H2,1-2H3/q+1. The maximum Gasteiger partial charge on any atom is 0.435 e. The first kappa shape index (κ1) is 18.7. The molecule has 0 aliphatic carbocycles. The molecule has 0 heterocycles. The molecule has 9 heteroatoms. The third-order valence-electron chi connectivity index (χ3n) is 1.66. The van der Waals surface area contributed by atoms with Crippen molar-refractivity contribution in [2.24, 2.45) is 5.73 Å². The monoisotopic (exact) mass is 300 g/mol. The van der Waals surface area contributed by atoms with E-state index in [-0.39, 0.29) is 32.7 Å². The second-order valence-corrected chi connectivity index (χ2v) is 4.26. The van der Waals surface area contributed by atoms with E-state index in [1.165, 1.54) is 13.4 Å².